The van der Waals surface area contributed by atoms with Crippen LogP contribution in [0.25, 0.3) is 0 Å². The average Bonchev–Trinajstić information content (AvgIpc) is 2.51. The third kappa shape index (κ3) is 1.38. The molecule has 0 aromatic rings. The topological polar surface area (TPSA) is 46.5 Å². The van der Waals surface area contributed by atoms with Crippen LogP contribution in [0.1, 0.15) is 27.7 Å². The van der Waals surface area contributed by atoms with E-state index in [4.69, 9.17) is 4.74 Å². The van der Waals surface area contributed by atoms with Crippen molar-refractivity contribution in [3.63, 3.8) is 0 Å². The van der Waals surface area contributed by atoms with E-state index in [1.54, 1.807) is 0 Å². The summed E-state index contributed by atoms with van der Waals surface area (Å²) in [6.07, 6.45) is 1.81. The third-order valence-electron chi connectivity index (χ3n) is 4.21. The summed E-state index contributed by atoms with van der Waals surface area (Å²) < 4.78 is 5.97. The lowest BCUT2D eigenvalue weighted by atomic mass is 9.74. The zero-order chi connectivity index (χ0) is 12.1. The van der Waals surface area contributed by atoms with Crippen molar-refractivity contribution in [3.8, 4) is 0 Å². The van der Waals surface area contributed by atoms with E-state index in [2.05, 4.69) is 0 Å². The van der Waals surface area contributed by atoms with Crippen molar-refractivity contribution in [3.05, 3.63) is 11.6 Å². The second-order valence-corrected chi connectivity index (χ2v) is 5.43. The van der Waals surface area contributed by atoms with Gasteiger partial charge in [-0.3, -0.25) is 4.79 Å². The minimum Gasteiger partial charge on any atom is -0.392 e. The van der Waals surface area contributed by atoms with Gasteiger partial charge in [-0.15, -0.1) is 0 Å². The Hall–Kier alpha value is -0.670. The van der Waals surface area contributed by atoms with Crippen LogP contribution in [0, 0.1) is 17.8 Å². The summed E-state index contributed by atoms with van der Waals surface area (Å²) in [5.74, 6) is 0.316. The lowest BCUT2D eigenvalue weighted by molar-refractivity contribution is -0.162. The highest BCUT2D eigenvalue weighted by Crippen LogP contribution is 2.46. The molecule has 0 spiro atoms. The van der Waals surface area contributed by atoms with Crippen molar-refractivity contribution in [1.29, 1.82) is 0 Å². The van der Waals surface area contributed by atoms with Crippen molar-refractivity contribution < 1.29 is 14.6 Å². The number of aliphatic hydroxyl groups is 1. The minimum absolute atomic E-state index is 0.0184. The molecule has 1 N–H and O–H groups in total. The number of hydrogen-bond acceptors (Lipinski definition) is 3. The van der Waals surface area contributed by atoms with Gasteiger partial charge in [0.25, 0.3) is 0 Å². The number of fused-ring (bicyclic) bond motifs is 2. The Morgan fingerprint density at radius 3 is 2.69 bits per heavy atom. The molecule has 1 saturated heterocycles. The van der Waals surface area contributed by atoms with Crippen LogP contribution < -0.4 is 0 Å². The van der Waals surface area contributed by atoms with E-state index in [1.165, 1.54) is 0 Å². The highest BCUT2D eigenvalue weighted by atomic mass is 16.5. The molecule has 2 aliphatic rings. The maximum absolute atomic E-state index is 12.3. The van der Waals surface area contributed by atoms with Crippen molar-refractivity contribution in [2.75, 3.05) is 6.61 Å². The first-order valence-electron chi connectivity index (χ1n) is 5.95. The van der Waals surface area contributed by atoms with Gasteiger partial charge in [-0.2, -0.15) is 0 Å². The Balaban J connectivity index is 2.41. The van der Waals surface area contributed by atoms with Gasteiger partial charge in [-0.1, -0.05) is 26.8 Å². The number of carbonyl (C=O) groups is 1. The maximum Gasteiger partial charge on any atom is 0.145 e. The molecule has 3 heteroatoms. The van der Waals surface area contributed by atoms with Gasteiger partial charge >= 0.3 is 0 Å². The zero-order valence-electron chi connectivity index (χ0n) is 10.4. The lowest BCUT2D eigenvalue weighted by Gasteiger charge is -2.42. The highest BCUT2D eigenvalue weighted by molar-refractivity contribution is 5.87. The first kappa shape index (κ1) is 11.8. The van der Waals surface area contributed by atoms with Gasteiger partial charge in [-0.05, 0) is 18.4 Å². The normalized spacial score (nSPS) is 42.8. The van der Waals surface area contributed by atoms with Crippen LogP contribution in [0.5, 0.6) is 0 Å². The second kappa shape index (κ2) is 3.67. The van der Waals surface area contributed by atoms with Gasteiger partial charge in [0.1, 0.15) is 5.78 Å². The molecule has 0 radical (unpaired) electrons. The standard InChI is InChI=1S/C13H20O3/c1-7(2)11-10-5-9(6-14)13(4,16-10)8(3)12(11)15/h5,7-8,10-11,14H,6H2,1-4H3/t8-,10+,11+,13+/m1/s1. The van der Waals surface area contributed by atoms with Gasteiger partial charge in [-0.25, -0.2) is 0 Å². The summed E-state index contributed by atoms with van der Waals surface area (Å²) in [6, 6.07) is 0. The summed E-state index contributed by atoms with van der Waals surface area (Å²) in [7, 11) is 0. The molecular formula is C13H20O3. The molecule has 0 amide bonds. The molecule has 2 aliphatic heterocycles. The predicted molar refractivity (Wildman–Crippen MR) is 60.9 cm³/mol. The molecule has 2 bridgehead atoms. The lowest BCUT2D eigenvalue weighted by Crippen LogP contribution is -2.52. The minimum atomic E-state index is -0.581. The van der Waals surface area contributed by atoms with Gasteiger partial charge in [0.05, 0.1) is 24.2 Å². The molecule has 3 nitrogen and oxygen atoms in total. The zero-order valence-corrected chi connectivity index (χ0v) is 10.4. The molecule has 0 saturated carbocycles. The van der Waals surface area contributed by atoms with Crippen LogP contribution in [0.4, 0.5) is 0 Å². The van der Waals surface area contributed by atoms with Crippen LogP contribution in [0.15, 0.2) is 11.6 Å². The maximum atomic E-state index is 12.3. The van der Waals surface area contributed by atoms with Gasteiger partial charge in [0, 0.05) is 5.92 Å². The van der Waals surface area contributed by atoms with Crippen molar-refractivity contribution >= 4 is 5.78 Å². The van der Waals surface area contributed by atoms with E-state index in [0.29, 0.717) is 0 Å². The number of ether oxygens (including phenoxy) is 1. The Morgan fingerprint density at radius 2 is 2.19 bits per heavy atom. The first-order chi connectivity index (χ1) is 7.41. The Morgan fingerprint density at radius 1 is 1.56 bits per heavy atom. The quantitative estimate of drug-likeness (QED) is 0.724. The third-order valence-corrected chi connectivity index (χ3v) is 4.21. The summed E-state index contributed by atoms with van der Waals surface area (Å²) in [5.41, 5.74) is 0.281. The van der Waals surface area contributed by atoms with Crippen LogP contribution in [-0.4, -0.2) is 29.2 Å². The SMILES string of the molecule is CC(C)[C@@H]1C(=O)[C@@H](C)[C@]2(C)O[C@H]1C=C2CO. The summed E-state index contributed by atoms with van der Waals surface area (Å²) in [5, 5.41) is 9.35. The molecule has 2 rings (SSSR count). The number of ketones is 1. The fourth-order valence-electron chi connectivity index (χ4n) is 2.95. The fourth-order valence-corrected chi connectivity index (χ4v) is 2.95. The fraction of sp³-hybridized carbons (Fsp3) is 0.769. The molecule has 16 heavy (non-hydrogen) atoms. The molecule has 2 heterocycles. The van der Waals surface area contributed by atoms with Crippen LogP contribution in [0.3, 0.4) is 0 Å². The van der Waals surface area contributed by atoms with Gasteiger partial charge in [0.15, 0.2) is 0 Å². The Bertz CT molecular complexity index is 345. The Labute approximate surface area is 96.5 Å². The van der Waals surface area contributed by atoms with Crippen LogP contribution >= 0.6 is 0 Å². The van der Waals surface area contributed by atoms with E-state index in [1.807, 2.05) is 33.8 Å². The molecular weight excluding hydrogens is 204 g/mol. The molecule has 1 fully saturated rings. The molecule has 0 unspecified atom stereocenters. The molecule has 90 valence electrons. The highest BCUT2D eigenvalue weighted by Gasteiger charge is 2.54. The van der Waals surface area contributed by atoms with E-state index >= 15 is 0 Å². The predicted octanol–water partition coefficient (Wildman–Crippen LogP) is 1.55. The molecule has 0 aromatic heterocycles. The van der Waals surface area contributed by atoms with Crippen molar-refractivity contribution in [2.45, 2.75) is 39.4 Å². The second-order valence-electron chi connectivity index (χ2n) is 5.43. The largest absolute Gasteiger partial charge is 0.392 e. The number of carbonyl (C=O) groups excluding carboxylic acids is 1. The van der Waals surface area contributed by atoms with Crippen LogP contribution in [0.2, 0.25) is 0 Å². The summed E-state index contributed by atoms with van der Waals surface area (Å²) >= 11 is 0. The monoisotopic (exact) mass is 224 g/mol. The van der Waals surface area contributed by atoms with Crippen molar-refractivity contribution in [2.24, 2.45) is 17.8 Å². The summed E-state index contributed by atoms with van der Waals surface area (Å²) in [6.45, 7) is 7.89. The summed E-state index contributed by atoms with van der Waals surface area (Å²) in [4.78, 5) is 12.3. The molecule has 0 aliphatic carbocycles. The van der Waals surface area contributed by atoms with Crippen LogP contribution in [-0.2, 0) is 9.53 Å². The van der Waals surface area contributed by atoms with E-state index in [9.17, 15) is 9.90 Å². The van der Waals surface area contributed by atoms with E-state index in [0.717, 1.165) is 5.57 Å². The van der Waals surface area contributed by atoms with Gasteiger partial charge < -0.3 is 9.84 Å². The van der Waals surface area contributed by atoms with Gasteiger partial charge in [0.2, 0.25) is 0 Å². The van der Waals surface area contributed by atoms with E-state index < -0.39 is 5.60 Å². The van der Waals surface area contributed by atoms with E-state index in [-0.39, 0.29) is 36.2 Å². The average molecular weight is 224 g/mol. The number of aliphatic hydroxyl groups excluding tert-OH is 1. The van der Waals surface area contributed by atoms with Crippen molar-refractivity contribution in [1.82, 2.24) is 0 Å². The molecule has 0 aromatic carbocycles. The number of rotatable bonds is 2. The Kier molecular flexibility index (Phi) is 2.71. The number of Topliss-reactive ketones (excluding diaryl/α,β-unsaturated/α-hetero) is 1. The smallest absolute Gasteiger partial charge is 0.145 e. The molecule has 4 atom stereocenters. The first-order valence-corrected chi connectivity index (χ1v) is 5.95. The number of hydrogen-bond donors (Lipinski definition) is 1.